The Morgan fingerprint density at radius 3 is 2.46 bits per heavy atom. The van der Waals surface area contributed by atoms with Crippen LogP contribution < -0.4 is 0 Å². The van der Waals surface area contributed by atoms with Crippen molar-refractivity contribution < 1.29 is 17.4 Å². The lowest BCUT2D eigenvalue weighted by molar-refractivity contribution is 0.111. The van der Waals surface area contributed by atoms with Crippen LogP contribution in [0, 0.1) is 0 Å². The van der Waals surface area contributed by atoms with Crippen LogP contribution in [-0.4, -0.2) is 29.6 Å². The van der Waals surface area contributed by atoms with Gasteiger partial charge in [0.1, 0.15) is 0 Å². The molecule has 1 aliphatic carbocycles. The van der Waals surface area contributed by atoms with E-state index in [1.807, 2.05) is 31.2 Å². The maximum absolute atomic E-state index is 11.7. The van der Waals surface area contributed by atoms with Gasteiger partial charge in [-0.15, -0.1) is 0 Å². The summed E-state index contributed by atoms with van der Waals surface area (Å²) in [5.74, 6) is 0. The molecule has 1 unspecified atom stereocenters. The van der Waals surface area contributed by atoms with Gasteiger partial charge in [-0.1, -0.05) is 79.6 Å². The lowest BCUT2D eigenvalue weighted by Crippen LogP contribution is -2.31. The Balaban J connectivity index is 1.83. The molecule has 0 aliphatic heterocycles. The fourth-order valence-corrected chi connectivity index (χ4v) is 4.87. The molecule has 0 saturated carbocycles. The molecular weight excluding hydrogens is 497 g/mol. The molecule has 1 N–H and O–H groups in total. The Kier molecular flexibility index (Phi) is 5.75. The molecule has 35 heavy (non-hydrogen) atoms. The molecular formula is C30H32Cl3NO. The van der Waals surface area contributed by atoms with Crippen molar-refractivity contribution in [1.82, 2.24) is 4.90 Å². The van der Waals surface area contributed by atoms with Crippen molar-refractivity contribution in [3.05, 3.63) is 91.9 Å². The zero-order valence-electron chi connectivity index (χ0n) is 28.2. The summed E-state index contributed by atoms with van der Waals surface area (Å²) in [7, 11) is 0. The lowest BCUT2D eigenvalue weighted by Gasteiger charge is -2.26. The van der Waals surface area contributed by atoms with E-state index in [4.69, 9.17) is 47.1 Å². The van der Waals surface area contributed by atoms with Crippen molar-refractivity contribution in [2.24, 2.45) is 0 Å². The van der Waals surface area contributed by atoms with Gasteiger partial charge in [0.05, 0.1) is 6.10 Å². The van der Waals surface area contributed by atoms with Crippen LogP contribution in [0.25, 0.3) is 22.8 Å². The number of aliphatic hydroxyl groups excluding tert-OH is 1. The summed E-state index contributed by atoms with van der Waals surface area (Å²) >= 11 is 19.1. The topological polar surface area (TPSA) is 23.5 Å². The monoisotopic (exact) mass is 536 g/mol. The van der Waals surface area contributed by atoms with Crippen molar-refractivity contribution in [3.8, 4) is 11.1 Å². The normalized spacial score (nSPS) is 19.8. The molecule has 2 nitrogen and oxygen atoms in total. The maximum Gasteiger partial charge on any atom is 0.0923 e. The van der Waals surface area contributed by atoms with Crippen LogP contribution in [0.1, 0.15) is 80.1 Å². The molecule has 1 aliphatic rings. The van der Waals surface area contributed by atoms with Gasteiger partial charge in [0.25, 0.3) is 0 Å². The minimum absolute atomic E-state index is 0.0617. The largest absolute Gasteiger partial charge is 0.387 e. The predicted molar refractivity (Wildman–Crippen MR) is 152 cm³/mol. The van der Waals surface area contributed by atoms with Crippen molar-refractivity contribution >= 4 is 46.5 Å². The molecule has 5 heteroatoms. The SMILES string of the molecule is [2H]C([2H])([2H])C([2H])([2H])C([2H])([2H])C([2H])([2H])N(CCCC)CC(O)c1cc(Cl)cc2c1-c1ccc(Cl)cc1/C2=C/c1ccc(Cl)cc1. The van der Waals surface area contributed by atoms with Crippen LogP contribution in [-0.2, 0) is 0 Å². The van der Waals surface area contributed by atoms with Gasteiger partial charge in [-0.3, -0.25) is 0 Å². The Hall–Kier alpha value is -1.81. The number of hydrogen-bond acceptors (Lipinski definition) is 2. The molecule has 0 radical (unpaired) electrons. The summed E-state index contributed by atoms with van der Waals surface area (Å²) in [6.45, 7) is -5.23. The fraction of sp³-hybridized carbons (Fsp3) is 0.333. The maximum atomic E-state index is 11.7. The fourth-order valence-electron chi connectivity index (χ4n) is 4.34. The number of nitrogens with zero attached hydrogens (tertiary/aromatic N) is 1. The van der Waals surface area contributed by atoms with Crippen molar-refractivity contribution in [2.75, 3.05) is 19.6 Å². The third kappa shape index (κ3) is 6.13. The minimum Gasteiger partial charge on any atom is -0.387 e. The van der Waals surface area contributed by atoms with Gasteiger partial charge in [-0.05, 0) is 107 Å². The second-order valence-electron chi connectivity index (χ2n) is 8.39. The van der Waals surface area contributed by atoms with Crippen LogP contribution in [0.3, 0.4) is 0 Å². The second kappa shape index (κ2) is 12.0. The third-order valence-electron chi connectivity index (χ3n) is 5.96. The van der Waals surface area contributed by atoms with Crippen LogP contribution in [0.5, 0.6) is 0 Å². The average Bonchev–Trinajstić information content (AvgIpc) is 3.22. The highest BCUT2D eigenvalue weighted by Crippen LogP contribution is 2.50. The van der Waals surface area contributed by atoms with Crippen LogP contribution in [0.4, 0.5) is 0 Å². The average molecular weight is 538 g/mol. The molecule has 0 fully saturated rings. The molecule has 3 aromatic rings. The molecule has 3 aromatic carbocycles. The van der Waals surface area contributed by atoms with Crippen LogP contribution in [0.15, 0.2) is 54.6 Å². The van der Waals surface area contributed by atoms with Gasteiger partial charge < -0.3 is 10.0 Å². The number of aliphatic hydroxyl groups is 1. The van der Waals surface area contributed by atoms with Crippen molar-refractivity contribution in [3.63, 3.8) is 0 Å². The zero-order chi connectivity index (χ0) is 32.8. The standard InChI is InChI=1S/C30H32Cl3NO/c1-3-5-13-34(14-6-4-2)19-29(35)28-18-23(33)17-27-25(15-20-7-9-21(31)10-8-20)26-16-22(32)11-12-24(26)30(27)28/h7-12,15-18,29,35H,3-6,13-14,19H2,1-2H3/b25-15-/i1D3,3D2,5D2,13D2. The highest BCUT2D eigenvalue weighted by molar-refractivity contribution is 6.32. The van der Waals surface area contributed by atoms with Gasteiger partial charge in [-0.25, -0.2) is 0 Å². The number of unbranched alkanes of at least 4 members (excludes halogenated alkanes) is 1. The molecule has 0 bridgehead atoms. The molecule has 0 spiro atoms. The summed E-state index contributed by atoms with van der Waals surface area (Å²) in [5.41, 5.74) is 4.89. The van der Waals surface area contributed by atoms with Gasteiger partial charge in [0.15, 0.2) is 0 Å². The summed E-state index contributed by atoms with van der Waals surface area (Å²) in [5, 5.41) is 13.1. The van der Waals surface area contributed by atoms with E-state index in [1.165, 1.54) is 0 Å². The van der Waals surface area contributed by atoms with Crippen molar-refractivity contribution in [1.29, 1.82) is 0 Å². The summed E-state index contributed by atoms with van der Waals surface area (Å²) in [6.07, 6.45) is -5.49. The second-order valence-corrected chi connectivity index (χ2v) is 9.70. The molecule has 0 aromatic heterocycles. The highest BCUT2D eigenvalue weighted by atomic mass is 35.5. The Morgan fingerprint density at radius 2 is 1.71 bits per heavy atom. The van der Waals surface area contributed by atoms with E-state index in [1.54, 1.807) is 36.4 Å². The summed E-state index contributed by atoms with van der Waals surface area (Å²) in [4.78, 5) is 0.986. The Labute approximate surface area is 236 Å². The summed E-state index contributed by atoms with van der Waals surface area (Å²) < 4.78 is 73.1. The third-order valence-corrected chi connectivity index (χ3v) is 6.66. The zero-order valence-corrected chi connectivity index (χ0v) is 21.5. The minimum atomic E-state index is -3.53. The Morgan fingerprint density at radius 1 is 0.971 bits per heavy atom. The smallest absolute Gasteiger partial charge is 0.0923 e. The summed E-state index contributed by atoms with van der Waals surface area (Å²) in [6, 6.07) is 15.9. The first kappa shape index (κ1) is 16.8. The van der Waals surface area contributed by atoms with E-state index in [9.17, 15) is 5.11 Å². The van der Waals surface area contributed by atoms with E-state index in [0.717, 1.165) is 27.2 Å². The van der Waals surface area contributed by atoms with Crippen LogP contribution >= 0.6 is 34.8 Å². The van der Waals surface area contributed by atoms with Gasteiger partial charge >= 0.3 is 0 Å². The number of halogens is 3. The first-order valence-corrected chi connectivity index (χ1v) is 12.5. The van der Waals surface area contributed by atoms with Gasteiger partial charge in [0, 0.05) is 33.9 Å². The van der Waals surface area contributed by atoms with E-state index in [-0.39, 0.29) is 6.54 Å². The molecule has 0 amide bonds. The predicted octanol–water partition coefficient (Wildman–Crippen LogP) is 9.15. The number of rotatable bonds is 10. The molecule has 184 valence electrons. The van der Waals surface area contributed by atoms with E-state index >= 15 is 0 Å². The molecule has 1 atom stereocenters. The molecule has 0 saturated heterocycles. The number of fused-ring (bicyclic) bond motifs is 3. The first-order valence-electron chi connectivity index (χ1n) is 15.9. The molecule has 4 rings (SSSR count). The van der Waals surface area contributed by atoms with E-state index < -0.39 is 38.7 Å². The quantitative estimate of drug-likeness (QED) is 0.218. The first-order chi connectivity index (χ1) is 20.3. The van der Waals surface area contributed by atoms with Crippen LogP contribution in [0.2, 0.25) is 15.1 Å². The molecule has 0 heterocycles. The lowest BCUT2D eigenvalue weighted by atomic mass is 9.94. The highest BCUT2D eigenvalue weighted by Gasteiger charge is 2.29. The number of benzene rings is 3. The Bertz CT molecular complexity index is 1560. The number of hydrogen-bond donors (Lipinski definition) is 1. The van der Waals surface area contributed by atoms with E-state index in [2.05, 4.69) is 0 Å². The van der Waals surface area contributed by atoms with E-state index in [0.29, 0.717) is 44.6 Å². The van der Waals surface area contributed by atoms with Crippen molar-refractivity contribution in [2.45, 2.75) is 45.5 Å². The van der Waals surface area contributed by atoms with Gasteiger partial charge in [-0.2, -0.15) is 0 Å². The van der Waals surface area contributed by atoms with Gasteiger partial charge in [0.2, 0.25) is 0 Å².